The van der Waals surface area contributed by atoms with Gasteiger partial charge in [-0.3, -0.25) is 10.1 Å². The monoisotopic (exact) mass is 522 g/mol. The van der Waals surface area contributed by atoms with Crippen LogP contribution >= 0.6 is 22.9 Å². The average molecular weight is 523 g/mol. The van der Waals surface area contributed by atoms with Gasteiger partial charge in [-0.25, -0.2) is 13.2 Å². The zero-order chi connectivity index (χ0) is 24.9. The minimum absolute atomic E-state index is 0.0262. The van der Waals surface area contributed by atoms with Gasteiger partial charge in [-0.2, -0.15) is 5.26 Å². The third-order valence-electron chi connectivity index (χ3n) is 4.12. The Morgan fingerprint density at radius 2 is 2.12 bits per heavy atom. The van der Waals surface area contributed by atoms with Crippen LogP contribution in [0.2, 0.25) is 5.02 Å². The number of esters is 1. The van der Waals surface area contributed by atoms with Crippen molar-refractivity contribution in [2.45, 2.75) is 11.3 Å². The lowest BCUT2D eigenvalue weighted by molar-refractivity contribution is -0.112. The van der Waals surface area contributed by atoms with Crippen LogP contribution in [-0.2, 0) is 14.6 Å². The summed E-state index contributed by atoms with van der Waals surface area (Å²) in [6, 6.07) is 7.43. The molecule has 34 heavy (non-hydrogen) atoms. The van der Waals surface area contributed by atoms with Crippen molar-refractivity contribution in [3.63, 3.8) is 0 Å². The first-order valence-electron chi connectivity index (χ1n) is 9.31. The predicted octanol–water partition coefficient (Wildman–Crippen LogP) is 3.35. The molecule has 0 bridgehead atoms. The first-order valence-corrected chi connectivity index (χ1v) is 12.2. The number of hydrogen-bond acceptors (Lipinski definition) is 11. The number of hydrogen-bond donors (Lipinski definition) is 1. The van der Waals surface area contributed by atoms with Crippen LogP contribution in [0.3, 0.4) is 0 Å². The van der Waals surface area contributed by atoms with Crippen molar-refractivity contribution in [3.8, 4) is 17.6 Å². The van der Waals surface area contributed by atoms with Crippen LogP contribution in [0.5, 0.6) is 11.5 Å². The molecule has 2 heterocycles. The number of carbonyl (C=O) groups is 2. The molecular weight excluding hydrogens is 508 g/mol. The molecule has 11 nitrogen and oxygen atoms in total. The zero-order valence-corrected chi connectivity index (χ0v) is 20.0. The van der Waals surface area contributed by atoms with Crippen molar-refractivity contribution in [1.29, 1.82) is 5.26 Å². The Labute approximate surface area is 202 Å². The second-order valence-corrected chi connectivity index (χ2v) is 10.1. The van der Waals surface area contributed by atoms with Crippen molar-refractivity contribution in [2.75, 3.05) is 18.2 Å². The number of rotatable bonds is 8. The van der Waals surface area contributed by atoms with Gasteiger partial charge in [0.25, 0.3) is 5.91 Å². The summed E-state index contributed by atoms with van der Waals surface area (Å²) in [5.41, 5.74) is -0.0496. The number of carbonyl (C=O) groups excluding carboxylic acids is 2. The second kappa shape index (κ2) is 10.5. The molecule has 0 aliphatic heterocycles. The molecule has 0 fully saturated rings. The Morgan fingerprint density at radius 3 is 2.74 bits per heavy atom. The van der Waals surface area contributed by atoms with Gasteiger partial charge in [0.1, 0.15) is 11.6 Å². The fourth-order valence-electron chi connectivity index (χ4n) is 2.45. The molecule has 0 aliphatic rings. The lowest BCUT2D eigenvalue weighted by atomic mass is 10.1. The van der Waals surface area contributed by atoms with Gasteiger partial charge in [-0.1, -0.05) is 29.9 Å². The van der Waals surface area contributed by atoms with Crippen LogP contribution in [0.25, 0.3) is 6.08 Å². The lowest BCUT2D eigenvalue weighted by Crippen LogP contribution is -2.13. The number of furan rings is 1. The topological polar surface area (TPSA) is 161 Å². The smallest absolute Gasteiger partial charge is 0.379 e. The fraction of sp³-hybridized carbons (Fsp3) is 0.150. The van der Waals surface area contributed by atoms with Gasteiger partial charge in [-0.05, 0) is 35.9 Å². The molecule has 2 aromatic heterocycles. The summed E-state index contributed by atoms with van der Waals surface area (Å²) in [4.78, 5) is 24.7. The zero-order valence-electron chi connectivity index (χ0n) is 17.6. The molecule has 0 saturated heterocycles. The number of benzene rings is 1. The number of methoxy groups -OCH3 is 1. The molecule has 1 amide bonds. The average Bonchev–Trinajstić information content (AvgIpc) is 3.51. The summed E-state index contributed by atoms with van der Waals surface area (Å²) in [7, 11) is -2.27. The van der Waals surface area contributed by atoms with Crippen LogP contribution in [0.15, 0.2) is 44.9 Å². The summed E-state index contributed by atoms with van der Waals surface area (Å²) in [5.74, 6) is -1.88. The highest BCUT2D eigenvalue weighted by Crippen LogP contribution is 2.37. The molecule has 3 rings (SSSR count). The summed E-state index contributed by atoms with van der Waals surface area (Å²) in [6.07, 6.45) is 2.52. The van der Waals surface area contributed by atoms with Crippen LogP contribution in [0.1, 0.15) is 23.0 Å². The van der Waals surface area contributed by atoms with E-state index in [0.29, 0.717) is 11.3 Å². The number of nitrogens with zero attached hydrogens (tertiary/aromatic N) is 3. The van der Waals surface area contributed by atoms with E-state index in [1.165, 1.54) is 50.6 Å². The Balaban J connectivity index is 1.84. The van der Waals surface area contributed by atoms with Crippen LogP contribution < -0.4 is 14.8 Å². The highest BCUT2D eigenvalue weighted by Gasteiger charge is 2.21. The molecule has 0 unspecified atom stereocenters. The molecule has 0 spiro atoms. The fourth-order valence-corrected chi connectivity index (χ4v) is 4.69. The Hall–Kier alpha value is -3.73. The van der Waals surface area contributed by atoms with Crippen molar-refractivity contribution in [3.05, 3.63) is 52.4 Å². The maximum absolute atomic E-state index is 12.5. The Kier molecular flexibility index (Phi) is 7.67. The van der Waals surface area contributed by atoms with Gasteiger partial charge in [0, 0.05) is 0 Å². The summed E-state index contributed by atoms with van der Waals surface area (Å²) in [6.45, 7) is 1.45. The van der Waals surface area contributed by atoms with Crippen molar-refractivity contribution >= 4 is 55.9 Å². The third-order valence-corrected chi connectivity index (χ3v) is 7.42. The molecule has 0 saturated carbocycles. The molecule has 0 radical (unpaired) electrons. The molecule has 1 aromatic carbocycles. The number of nitrogens with one attached hydrogen (secondary N) is 1. The van der Waals surface area contributed by atoms with Gasteiger partial charge < -0.3 is 13.9 Å². The lowest BCUT2D eigenvalue weighted by Gasteiger charge is -2.11. The maximum atomic E-state index is 12.5. The highest BCUT2D eigenvalue weighted by molar-refractivity contribution is 7.93. The maximum Gasteiger partial charge on any atom is 0.379 e. The van der Waals surface area contributed by atoms with Crippen molar-refractivity contribution in [2.24, 2.45) is 0 Å². The minimum Gasteiger partial charge on any atom is -0.493 e. The third kappa shape index (κ3) is 5.60. The summed E-state index contributed by atoms with van der Waals surface area (Å²) < 4.78 is 38.9. The van der Waals surface area contributed by atoms with E-state index in [1.54, 1.807) is 6.07 Å². The van der Waals surface area contributed by atoms with E-state index in [1.807, 2.05) is 0 Å². The highest BCUT2D eigenvalue weighted by atomic mass is 35.5. The summed E-state index contributed by atoms with van der Waals surface area (Å²) >= 11 is 6.91. The van der Waals surface area contributed by atoms with E-state index in [-0.39, 0.29) is 48.6 Å². The van der Waals surface area contributed by atoms with Crippen molar-refractivity contribution in [1.82, 2.24) is 10.2 Å². The summed E-state index contributed by atoms with van der Waals surface area (Å²) in [5, 5.41) is 18.8. The first-order chi connectivity index (χ1) is 16.2. The number of aromatic nitrogens is 2. The normalized spacial score (nSPS) is 11.5. The van der Waals surface area contributed by atoms with E-state index >= 15 is 0 Å². The molecule has 1 N–H and O–H groups in total. The van der Waals surface area contributed by atoms with Crippen LogP contribution in [0.4, 0.5) is 5.13 Å². The van der Waals surface area contributed by atoms with Gasteiger partial charge in [0.15, 0.2) is 11.5 Å². The number of amides is 1. The Bertz CT molecular complexity index is 1410. The van der Waals surface area contributed by atoms with E-state index < -0.39 is 21.7 Å². The second-order valence-electron chi connectivity index (χ2n) is 6.30. The molecule has 3 aromatic rings. The van der Waals surface area contributed by atoms with E-state index in [9.17, 15) is 23.3 Å². The van der Waals surface area contributed by atoms with Crippen LogP contribution in [0, 0.1) is 11.3 Å². The minimum atomic E-state index is -3.58. The molecule has 14 heteroatoms. The van der Waals surface area contributed by atoms with Gasteiger partial charge in [0.05, 0.1) is 24.1 Å². The number of ether oxygens (including phenoxy) is 2. The largest absolute Gasteiger partial charge is 0.493 e. The van der Waals surface area contributed by atoms with Gasteiger partial charge in [-0.15, -0.1) is 10.2 Å². The van der Waals surface area contributed by atoms with Gasteiger partial charge >= 0.3 is 5.97 Å². The standard InChI is InChI=1S/C20H15ClN4O7S2/c1-3-34(28,29)20-25-24-19(33-20)23-17(26)12(10-22)7-11-8-13(21)16(15(9-11)30-2)32-18(27)14-5-4-6-31-14/h4-9H,3H2,1-2H3,(H,23,24,26). The van der Waals surface area contributed by atoms with E-state index in [0.717, 1.165) is 0 Å². The quantitative estimate of drug-likeness (QED) is 0.152. The number of halogens is 1. The van der Waals surface area contributed by atoms with Crippen LogP contribution in [-0.4, -0.2) is 43.4 Å². The molecule has 0 aliphatic carbocycles. The van der Waals surface area contributed by atoms with E-state index in [4.69, 9.17) is 25.5 Å². The van der Waals surface area contributed by atoms with Gasteiger partial charge in [0.2, 0.25) is 25.1 Å². The molecular formula is C20H15ClN4O7S2. The van der Waals surface area contributed by atoms with E-state index in [2.05, 4.69) is 15.5 Å². The Morgan fingerprint density at radius 1 is 1.35 bits per heavy atom. The number of sulfone groups is 1. The number of nitriles is 1. The first kappa shape index (κ1) is 24.9. The predicted molar refractivity (Wildman–Crippen MR) is 122 cm³/mol. The SMILES string of the molecule is CCS(=O)(=O)c1nnc(NC(=O)C(C#N)=Cc2cc(Cl)c(OC(=O)c3ccco3)c(OC)c2)s1. The number of anilines is 1. The molecule has 0 atom stereocenters. The van der Waals surface area contributed by atoms with Crippen molar-refractivity contribution < 1.29 is 31.9 Å². The molecule has 176 valence electrons.